The van der Waals surface area contributed by atoms with Gasteiger partial charge in [0.2, 0.25) is 0 Å². The van der Waals surface area contributed by atoms with E-state index in [1.807, 2.05) is 12.4 Å². The van der Waals surface area contributed by atoms with Crippen LogP contribution >= 0.6 is 0 Å². The predicted molar refractivity (Wildman–Crippen MR) is 63.4 cm³/mol. The Morgan fingerprint density at radius 1 is 1.25 bits per heavy atom. The van der Waals surface area contributed by atoms with E-state index >= 15 is 0 Å². The van der Waals surface area contributed by atoms with Crippen molar-refractivity contribution < 1.29 is 0 Å². The third kappa shape index (κ3) is 1.54. The van der Waals surface area contributed by atoms with Gasteiger partial charge in [0.1, 0.15) is 0 Å². The number of hydrogen-bond donors (Lipinski definition) is 0. The molecule has 0 saturated carbocycles. The minimum atomic E-state index is 0.484. The lowest BCUT2D eigenvalue weighted by Crippen LogP contribution is -2.24. The fourth-order valence-electron chi connectivity index (χ4n) is 3.18. The lowest BCUT2D eigenvalue weighted by atomic mass is 9.87. The third-order valence-electron chi connectivity index (χ3n) is 3.99. The predicted octanol–water partition coefficient (Wildman–Crippen LogP) is 2.02. The molecule has 3 unspecified atom stereocenters. The minimum Gasteiger partial charge on any atom is -0.302 e. The second-order valence-corrected chi connectivity index (χ2v) is 5.40. The first-order valence-electron chi connectivity index (χ1n) is 6.29. The molecule has 3 heterocycles. The van der Waals surface area contributed by atoms with E-state index in [2.05, 4.69) is 28.7 Å². The Hall–Kier alpha value is -0.960. The van der Waals surface area contributed by atoms with Gasteiger partial charge in [-0.1, -0.05) is 13.8 Å². The van der Waals surface area contributed by atoms with Crippen LogP contribution in [-0.2, 0) is 0 Å². The van der Waals surface area contributed by atoms with E-state index < -0.39 is 0 Å². The third-order valence-corrected chi connectivity index (χ3v) is 3.99. The van der Waals surface area contributed by atoms with Crippen molar-refractivity contribution in [2.24, 2.45) is 5.92 Å². The van der Waals surface area contributed by atoms with Crippen molar-refractivity contribution in [2.75, 3.05) is 19.6 Å². The van der Waals surface area contributed by atoms with Crippen LogP contribution in [0.15, 0.2) is 12.4 Å². The molecule has 3 atom stereocenters. The largest absolute Gasteiger partial charge is 0.302 e. The first kappa shape index (κ1) is 10.2. The molecule has 2 aliphatic rings. The van der Waals surface area contributed by atoms with E-state index in [4.69, 9.17) is 0 Å². The molecule has 1 aromatic rings. The minimum absolute atomic E-state index is 0.484. The van der Waals surface area contributed by atoms with Crippen molar-refractivity contribution in [3.63, 3.8) is 0 Å². The molecule has 2 aliphatic heterocycles. The zero-order chi connectivity index (χ0) is 11.1. The fourth-order valence-corrected chi connectivity index (χ4v) is 3.18. The van der Waals surface area contributed by atoms with Crippen molar-refractivity contribution in [3.8, 4) is 0 Å². The van der Waals surface area contributed by atoms with Crippen LogP contribution in [0.2, 0.25) is 0 Å². The second kappa shape index (κ2) is 3.81. The van der Waals surface area contributed by atoms with Gasteiger partial charge >= 0.3 is 0 Å². The highest BCUT2D eigenvalue weighted by Gasteiger charge is 2.40. The molecule has 0 aromatic carbocycles. The number of rotatable bonds is 2. The zero-order valence-corrected chi connectivity index (χ0v) is 10.1. The number of nitrogens with zero attached hydrogens (tertiary/aromatic N) is 3. The van der Waals surface area contributed by atoms with Gasteiger partial charge in [-0.2, -0.15) is 0 Å². The highest BCUT2D eigenvalue weighted by atomic mass is 15.2. The first-order chi connectivity index (χ1) is 7.75. The summed E-state index contributed by atoms with van der Waals surface area (Å²) in [6.45, 7) is 8.18. The SMILES string of the molecule is CC(C)c1nccnc1C1CN2CCC1C2. The normalized spacial score (nSPS) is 32.6. The first-order valence-corrected chi connectivity index (χ1v) is 6.29. The van der Waals surface area contributed by atoms with Gasteiger partial charge in [-0.3, -0.25) is 9.97 Å². The average molecular weight is 217 g/mol. The topological polar surface area (TPSA) is 29.0 Å². The summed E-state index contributed by atoms with van der Waals surface area (Å²) in [6, 6.07) is 0. The summed E-state index contributed by atoms with van der Waals surface area (Å²) in [5.74, 6) is 1.95. The molecular formula is C13H19N3. The molecule has 1 aromatic heterocycles. The van der Waals surface area contributed by atoms with Crippen molar-refractivity contribution >= 4 is 0 Å². The van der Waals surface area contributed by atoms with Crippen molar-refractivity contribution in [3.05, 3.63) is 23.8 Å². The molecule has 86 valence electrons. The number of aromatic nitrogens is 2. The standard InChI is InChI=1S/C13H19N3/c1-9(2)12-13(15-5-4-14-12)11-8-16-6-3-10(11)7-16/h4-5,9-11H,3,6-8H2,1-2H3. The monoisotopic (exact) mass is 217 g/mol. The van der Waals surface area contributed by atoms with E-state index in [-0.39, 0.29) is 0 Å². The van der Waals surface area contributed by atoms with Crippen LogP contribution in [0.1, 0.15) is 43.5 Å². The van der Waals surface area contributed by atoms with E-state index in [0.29, 0.717) is 11.8 Å². The molecule has 0 spiro atoms. The smallest absolute Gasteiger partial charge is 0.0668 e. The molecule has 2 saturated heterocycles. The maximum Gasteiger partial charge on any atom is 0.0668 e. The summed E-state index contributed by atoms with van der Waals surface area (Å²) in [5, 5.41) is 0. The van der Waals surface area contributed by atoms with Gasteiger partial charge < -0.3 is 4.90 Å². The Balaban J connectivity index is 1.94. The quantitative estimate of drug-likeness (QED) is 0.759. The summed E-state index contributed by atoms with van der Waals surface area (Å²) in [6.07, 6.45) is 5.02. The van der Waals surface area contributed by atoms with Crippen molar-refractivity contribution in [1.82, 2.24) is 14.9 Å². The van der Waals surface area contributed by atoms with Crippen molar-refractivity contribution in [1.29, 1.82) is 0 Å². The van der Waals surface area contributed by atoms with Crippen LogP contribution < -0.4 is 0 Å². The van der Waals surface area contributed by atoms with Crippen LogP contribution in [-0.4, -0.2) is 34.5 Å². The van der Waals surface area contributed by atoms with Crippen LogP contribution in [0.4, 0.5) is 0 Å². The Morgan fingerprint density at radius 2 is 2.06 bits per heavy atom. The van der Waals surface area contributed by atoms with Gasteiger partial charge in [-0.05, 0) is 24.8 Å². The molecule has 16 heavy (non-hydrogen) atoms. The Bertz CT molecular complexity index is 389. The maximum absolute atomic E-state index is 4.61. The van der Waals surface area contributed by atoms with Gasteiger partial charge in [0.15, 0.2) is 0 Å². The molecule has 3 rings (SSSR count). The molecule has 3 nitrogen and oxygen atoms in total. The van der Waals surface area contributed by atoms with Gasteiger partial charge in [-0.15, -0.1) is 0 Å². The molecule has 2 fully saturated rings. The summed E-state index contributed by atoms with van der Waals surface area (Å²) in [5.41, 5.74) is 2.48. The Labute approximate surface area is 96.9 Å². The molecule has 2 bridgehead atoms. The van der Waals surface area contributed by atoms with Crippen molar-refractivity contribution in [2.45, 2.75) is 32.1 Å². The molecule has 0 radical (unpaired) electrons. The molecule has 3 heteroatoms. The second-order valence-electron chi connectivity index (χ2n) is 5.40. The Kier molecular flexibility index (Phi) is 2.43. The van der Waals surface area contributed by atoms with Crippen LogP contribution in [0.25, 0.3) is 0 Å². The molecular weight excluding hydrogens is 198 g/mol. The van der Waals surface area contributed by atoms with E-state index in [0.717, 1.165) is 5.92 Å². The molecule has 0 aliphatic carbocycles. The maximum atomic E-state index is 4.61. The van der Waals surface area contributed by atoms with E-state index in [1.165, 1.54) is 37.4 Å². The lowest BCUT2D eigenvalue weighted by molar-refractivity contribution is 0.342. The molecule has 0 amide bonds. The highest BCUT2D eigenvalue weighted by Crippen LogP contribution is 2.40. The van der Waals surface area contributed by atoms with Gasteiger partial charge in [0, 0.05) is 31.4 Å². The van der Waals surface area contributed by atoms with Gasteiger partial charge in [-0.25, -0.2) is 0 Å². The van der Waals surface area contributed by atoms with Crippen LogP contribution in [0.3, 0.4) is 0 Å². The summed E-state index contributed by atoms with van der Waals surface area (Å²) in [7, 11) is 0. The zero-order valence-electron chi connectivity index (χ0n) is 10.1. The fraction of sp³-hybridized carbons (Fsp3) is 0.692. The number of fused-ring (bicyclic) bond motifs is 2. The van der Waals surface area contributed by atoms with E-state index in [1.54, 1.807) is 0 Å². The summed E-state index contributed by atoms with van der Waals surface area (Å²) >= 11 is 0. The molecule has 0 N–H and O–H groups in total. The number of hydrogen-bond acceptors (Lipinski definition) is 3. The number of piperidine rings is 1. The van der Waals surface area contributed by atoms with Gasteiger partial charge in [0.25, 0.3) is 0 Å². The van der Waals surface area contributed by atoms with E-state index in [9.17, 15) is 0 Å². The van der Waals surface area contributed by atoms with Crippen LogP contribution in [0.5, 0.6) is 0 Å². The summed E-state index contributed by atoms with van der Waals surface area (Å²) < 4.78 is 0. The average Bonchev–Trinajstić information content (AvgIpc) is 2.90. The van der Waals surface area contributed by atoms with Gasteiger partial charge in [0.05, 0.1) is 11.4 Å². The highest BCUT2D eigenvalue weighted by molar-refractivity contribution is 5.22. The Morgan fingerprint density at radius 3 is 2.69 bits per heavy atom. The van der Waals surface area contributed by atoms with Crippen LogP contribution in [0, 0.1) is 5.92 Å². The lowest BCUT2D eigenvalue weighted by Gasteiger charge is -2.23. The summed E-state index contributed by atoms with van der Waals surface area (Å²) in [4.78, 5) is 11.7.